The van der Waals surface area contributed by atoms with Gasteiger partial charge in [0.25, 0.3) is 5.91 Å². The van der Waals surface area contributed by atoms with Gasteiger partial charge in [0.15, 0.2) is 0 Å². The van der Waals surface area contributed by atoms with Crippen molar-refractivity contribution in [2.75, 3.05) is 13.2 Å². The first-order valence-corrected chi connectivity index (χ1v) is 7.59. The average Bonchev–Trinajstić information content (AvgIpc) is 2.86. The van der Waals surface area contributed by atoms with Crippen molar-refractivity contribution in [3.05, 3.63) is 59.0 Å². The van der Waals surface area contributed by atoms with E-state index in [1.165, 1.54) is 0 Å². The van der Waals surface area contributed by atoms with E-state index in [-0.39, 0.29) is 12.0 Å². The topological polar surface area (TPSA) is 51.5 Å². The summed E-state index contributed by atoms with van der Waals surface area (Å²) in [6, 6.07) is 11.9. The van der Waals surface area contributed by atoms with Gasteiger partial charge >= 0.3 is 0 Å². The molecule has 1 aromatic carbocycles. The molecule has 0 aliphatic rings. The molecule has 0 fully saturated rings. The van der Waals surface area contributed by atoms with Crippen molar-refractivity contribution in [3.63, 3.8) is 0 Å². The van der Waals surface area contributed by atoms with Crippen LogP contribution in [0.25, 0.3) is 0 Å². The van der Waals surface area contributed by atoms with E-state index in [4.69, 9.17) is 9.15 Å². The summed E-state index contributed by atoms with van der Waals surface area (Å²) in [6.07, 6.45) is 0.842. The lowest BCUT2D eigenvalue weighted by molar-refractivity contribution is 0.0635. The molecular formula is C18H23NO3. The molecule has 2 rings (SSSR count). The minimum atomic E-state index is -0.0922. The van der Waals surface area contributed by atoms with Crippen LogP contribution in [-0.2, 0) is 4.74 Å². The number of furan rings is 1. The first-order chi connectivity index (χ1) is 10.6. The second kappa shape index (κ2) is 7.80. The smallest absolute Gasteiger partial charge is 0.254 e. The van der Waals surface area contributed by atoms with Crippen LogP contribution >= 0.6 is 0 Å². The van der Waals surface area contributed by atoms with E-state index in [1.807, 2.05) is 32.0 Å². The van der Waals surface area contributed by atoms with E-state index in [1.54, 1.807) is 13.0 Å². The highest BCUT2D eigenvalue weighted by molar-refractivity contribution is 5.95. The fraction of sp³-hybridized carbons (Fsp3) is 0.389. The predicted molar refractivity (Wildman–Crippen MR) is 85.9 cm³/mol. The van der Waals surface area contributed by atoms with Crippen molar-refractivity contribution in [2.24, 2.45) is 0 Å². The fourth-order valence-corrected chi connectivity index (χ4v) is 2.31. The molecule has 0 saturated heterocycles. The van der Waals surface area contributed by atoms with Crippen molar-refractivity contribution in [3.8, 4) is 0 Å². The highest BCUT2D eigenvalue weighted by atomic mass is 16.5. The second-order valence-corrected chi connectivity index (χ2v) is 5.36. The molecule has 0 aliphatic carbocycles. The van der Waals surface area contributed by atoms with E-state index in [9.17, 15) is 4.79 Å². The van der Waals surface area contributed by atoms with Gasteiger partial charge in [-0.3, -0.25) is 4.79 Å². The lowest BCUT2D eigenvalue weighted by Gasteiger charge is -2.13. The largest absolute Gasteiger partial charge is 0.466 e. The number of benzene rings is 1. The molecule has 22 heavy (non-hydrogen) atoms. The fourth-order valence-electron chi connectivity index (χ4n) is 2.31. The van der Waals surface area contributed by atoms with Crippen molar-refractivity contribution in [2.45, 2.75) is 33.3 Å². The number of ether oxygens (including phenoxy) is 1. The maximum Gasteiger partial charge on any atom is 0.254 e. The molecule has 2 aromatic rings. The SMILES string of the molecule is Cc1cc(C(=O)NCCCOC(C)c2ccccc2)c(C)o1. The van der Waals surface area contributed by atoms with E-state index in [0.717, 1.165) is 17.7 Å². The minimum absolute atomic E-state index is 0.0654. The summed E-state index contributed by atoms with van der Waals surface area (Å²) in [7, 11) is 0. The van der Waals surface area contributed by atoms with Crippen LogP contribution in [0.2, 0.25) is 0 Å². The molecule has 0 saturated carbocycles. The van der Waals surface area contributed by atoms with Gasteiger partial charge in [0.1, 0.15) is 11.5 Å². The van der Waals surface area contributed by atoms with Crippen molar-refractivity contribution in [1.29, 1.82) is 0 Å². The predicted octanol–water partition coefficient (Wildman–Crippen LogP) is 3.79. The molecule has 118 valence electrons. The monoisotopic (exact) mass is 301 g/mol. The molecule has 1 heterocycles. The first kappa shape index (κ1) is 16.3. The van der Waals surface area contributed by atoms with Crippen LogP contribution in [-0.4, -0.2) is 19.1 Å². The van der Waals surface area contributed by atoms with Crippen LogP contribution < -0.4 is 5.32 Å². The first-order valence-electron chi connectivity index (χ1n) is 7.59. The molecule has 0 radical (unpaired) electrons. The lowest BCUT2D eigenvalue weighted by Crippen LogP contribution is -2.25. The summed E-state index contributed by atoms with van der Waals surface area (Å²) in [5.41, 5.74) is 1.77. The molecular weight excluding hydrogens is 278 g/mol. The van der Waals surface area contributed by atoms with Gasteiger partial charge in [-0.1, -0.05) is 30.3 Å². The number of aryl methyl sites for hydroxylation is 2. The molecule has 1 unspecified atom stereocenters. The summed E-state index contributed by atoms with van der Waals surface area (Å²) >= 11 is 0. The van der Waals surface area contributed by atoms with Gasteiger partial charge in [-0.15, -0.1) is 0 Å². The Labute approximate surface area is 131 Å². The summed E-state index contributed by atoms with van der Waals surface area (Å²) in [5, 5.41) is 2.89. The van der Waals surface area contributed by atoms with Gasteiger partial charge < -0.3 is 14.5 Å². The third-order valence-corrected chi connectivity index (χ3v) is 3.53. The zero-order chi connectivity index (χ0) is 15.9. The molecule has 0 spiro atoms. The Balaban J connectivity index is 1.67. The highest BCUT2D eigenvalue weighted by Gasteiger charge is 2.12. The number of hydrogen-bond donors (Lipinski definition) is 1. The molecule has 1 amide bonds. The summed E-state index contributed by atoms with van der Waals surface area (Å²) in [4.78, 5) is 12.0. The van der Waals surface area contributed by atoms with E-state index in [0.29, 0.717) is 24.5 Å². The Morgan fingerprint density at radius 2 is 2.00 bits per heavy atom. The van der Waals surface area contributed by atoms with Gasteiger partial charge in [0, 0.05) is 13.2 Å². The molecule has 4 nitrogen and oxygen atoms in total. The summed E-state index contributed by atoms with van der Waals surface area (Å²) in [6.45, 7) is 6.87. The normalized spacial score (nSPS) is 12.1. The molecule has 1 N–H and O–H groups in total. The Morgan fingerprint density at radius 3 is 2.64 bits per heavy atom. The Morgan fingerprint density at radius 1 is 1.27 bits per heavy atom. The number of amides is 1. The second-order valence-electron chi connectivity index (χ2n) is 5.36. The summed E-state index contributed by atoms with van der Waals surface area (Å²) in [5.74, 6) is 1.32. The molecule has 0 bridgehead atoms. The number of carbonyl (C=O) groups is 1. The Bertz CT molecular complexity index is 604. The number of hydrogen-bond acceptors (Lipinski definition) is 3. The minimum Gasteiger partial charge on any atom is -0.466 e. The molecule has 1 atom stereocenters. The third kappa shape index (κ3) is 4.46. The maximum absolute atomic E-state index is 12.0. The number of rotatable bonds is 7. The van der Waals surface area contributed by atoms with Crippen LogP contribution in [0.1, 0.15) is 46.9 Å². The van der Waals surface area contributed by atoms with Gasteiger partial charge in [0.05, 0.1) is 11.7 Å². The molecule has 4 heteroatoms. The Hall–Kier alpha value is -2.07. The van der Waals surface area contributed by atoms with Crippen molar-refractivity contribution in [1.82, 2.24) is 5.32 Å². The van der Waals surface area contributed by atoms with Gasteiger partial charge in [-0.05, 0) is 38.8 Å². The lowest BCUT2D eigenvalue weighted by atomic mass is 10.1. The number of carbonyl (C=O) groups excluding carboxylic acids is 1. The Kier molecular flexibility index (Phi) is 5.78. The zero-order valence-corrected chi connectivity index (χ0v) is 13.4. The van der Waals surface area contributed by atoms with Crippen LogP contribution in [0.4, 0.5) is 0 Å². The van der Waals surface area contributed by atoms with Crippen LogP contribution in [0.15, 0.2) is 40.8 Å². The highest BCUT2D eigenvalue weighted by Crippen LogP contribution is 2.16. The van der Waals surface area contributed by atoms with E-state index >= 15 is 0 Å². The van der Waals surface area contributed by atoms with E-state index < -0.39 is 0 Å². The quantitative estimate of drug-likeness (QED) is 0.791. The van der Waals surface area contributed by atoms with Crippen molar-refractivity contribution >= 4 is 5.91 Å². The van der Waals surface area contributed by atoms with Gasteiger partial charge in [0.2, 0.25) is 0 Å². The van der Waals surface area contributed by atoms with Crippen LogP contribution in [0.5, 0.6) is 0 Å². The van der Waals surface area contributed by atoms with Crippen LogP contribution in [0.3, 0.4) is 0 Å². The molecule has 0 aliphatic heterocycles. The van der Waals surface area contributed by atoms with Gasteiger partial charge in [-0.25, -0.2) is 0 Å². The molecule has 1 aromatic heterocycles. The zero-order valence-electron chi connectivity index (χ0n) is 13.4. The van der Waals surface area contributed by atoms with E-state index in [2.05, 4.69) is 17.4 Å². The standard InChI is InChI=1S/C18H23NO3/c1-13-12-17(15(3)22-13)18(20)19-10-7-11-21-14(2)16-8-5-4-6-9-16/h4-6,8-9,12,14H,7,10-11H2,1-3H3,(H,19,20). The number of nitrogens with one attached hydrogen (secondary N) is 1. The third-order valence-electron chi connectivity index (χ3n) is 3.53. The average molecular weight is 301 g/mol. The summed E-state index contributed by atoms with van der Waals surface area (Å²) < 4.78 is 11.1. The van der Waals surface area contributed by atoms with Gasteiger partial charge in [-0.2, -0.15) is 0 Å². The maximum atomic E-state index is 12.0. The van der Waals surface area contributed by atoms with Crippen LogP contribution in [0, 0.1) is 13.8 Å². The van der Waals surface area contributed by atoms with Crippen molar-refractivity contribution < 1.29 is 13.9 Å².